The van der Waals surface area contributed by atoms with Gasteiger partial charge in [-0.2, -0.15) is 0 Å². The Morgan fingerprint density at radius 2 is 1.75 bits per heavy atom. The van der Waals surface area contributed by atoms with Crippen molar-refractivity contribution < 1.29 is 5.11 Å². The van der Waals surface area contributed by atoms with Crippen molar-refractivity contribution in [1.29, 1.82) is 0 Å². The van der Waals surface area contributed by atoms with Crippen molar-refractivity contribution in [3.05, 3.63) is 34.9 Å². The Kier molecular flexibility index (Phi) is 6.56. The lowest BCUT2D eigenvalue weighted by molar-refractivity contribution is -0.0231. The van der Waals surface area contributed by atoms with Crippen LogP contribution in [0.5, 0.6) is 0 Å². The summed E-state index contributed by atoms with van der Waals surface area (Å²) in [6, 6.07) is 8.16. The fraction of sp³-hybridized carbons (Fsp3) is 0.700. The second-order valence-corrected chi connectivity index (χ2v) is 7.97. The third-order valence-electron chi connectivity index (χ3n) is 5.77. The highest BCUT2D eigenvalue weighted by atomic mass is 35.5. The molecular formula is C20H31ClN2O. The molecule has 2 N–H and O–H groups in total. The van der Waals surface area contributed by atoms with E-state index in [1.807, 2.05) is 12.1 Å². The molecule has 2 aliphatic rings. The molecule has 3 rings (SSSR count). The first-order valence-corrected chi connectivity index (χ1v) is 9.96. The fourth-order valence-corrected chi connectivity index (χ4v) is 4.53. The van der Waals surface area contributed by atoms with Gasteiger partial charge in [0.2, 0.25) is 0 Å². The van der Waals surface area contributed by atoms with Crippen LogP contribution in [0.15, 0.2) is 24.3 Å². The highest BCUT2D eigenvalue weighted by molar-refractivity contribution is 6.30. The van der Waals surface area contributed by atoms with Crippen molar-refractivity contribution in [2.45, 2.75) is 56.5 Å². The van der Waals surface area contributed by atoms with Gasteiger partial charge in [-0.05, 0) is 30.5 Å². The molecule has 1 aromatic rings. The Morgan fingerprint density at radius 1 is 1.08 bits per heavy atom. The highest BCUT2D eigenvalue weighted by Gasteiger charge is 2.38. The van der Waals surface area contributed by atoms with Crippen LogP contribution in [0.25, 0.3) is 0 Å². The van der Waals surface area contributed by atoms with E-state index in [9.17, 15) is 5.11 Å². The predicted molar refractivity (Wildman–Crippen MR) is 101 cm³/mol. The molecule has 0 bridgehead atoms. The molecule has 0 aromatic heterocycles. The fourth-order valence-electron chi connectivity index (χ4n) is 4.33. The lowest BCUT2D eigenvalue weighted by atomic mass is 9.74. The van der Waals surface area contributed by atoms with Gasteiger partial charge in [-0.3, -0.25) is 0 Å². The van der Waals surface area contributed by atoms with Crippen molar-refractivity contribution in [3.8, 4) is 0 Å². The van der Waals surface area contributed by atoms with Crippen LogP contribution in [0.2, 0.25) is 5.02 Å². The molecule has 2 fully saturated rings. The zero-order valence-electron chi connectivity index (χ0n) is 14.6. The standard InChI is InChI=1S/C20H31ClN2O/c21-18-8-6-7-17(15-18)19(16-23-13-11-22-12-14-23)20(24)9-4-2-1-3-5-10-20/h6-8,15,19,22,24H,1-5,9-14,16H2. The molecule has 1 atom stereocenters. The van der Waals surface area contributed by atoms with Gasteiger partial charge in [0.25, 0.3) is 0 Å². The molecule has 1 saturated heterocycles. The van der Waals surface area contributed by atoms with Gasteiger partial charge in [0.05, 0.1) is 5.60 Å². The molecular weight excluding hydrogens is 320 g/mol. The summed E-state index contributed by atoms with van der Waals surface area (Å²) in [5.41, 5.74) is 0.597. The van der Waals surface area contributed by atoms with Crippen LogP contribution in [-0.2, 0) is 0 Å². The first kappa shape index (κ1) is 18.2. The zero-order chi connectivity index (χ0) is 16.8. The zero-order valence-corrected chi connectivity index (χ0v) is 15.4. The van der Waals surface area contributed by atoms with Gasteiger partial charge in [-0.1, -0.05) is 55.8 Å². The third-order valence-corrected chi connectivity index (χ3v) is 6.00. The number of aliphatic hydroxyl groups is 1. The van der Waals surface area contributed by atoms with Gasteiger partial charge < -0.3 is 15.3 Å². The average Bonchev–Trinajstić information content (AvgIpc) is 2.57. The molecule has 24 heavy (non-hydrogen) atoms. The number of hydrogen-bond acceptors (Lipinski definition) is 3. The van der Waals surface area contributed by atoms with E-state index < -0.39 is 5.60 Å². The highest BCUT2D eigenvalue weighted by Crippen LogP contribution is 2.39. The molecule has 1 saturated carbocycles. The van der Waals surface area contributed by atoms with E-state index in [0.29, 0.717) is 0 Å². The smallest absolute Gasteiger partial charge is 0.0728 e. The van der Waals surface area contributed by atoms with Gasteiger partial charge in [0.1, 0.15) is 0 Å². The maximum atomic E-state index is 11.6. The third kappa shape index (κ3) is 4.72. The summed E-state index contributed by atoms with van der Waals surface area (Å²) in [5.74, 6) is 0.146. The van der Waals surface area contributed by atoms with Crippen LogP contribution in [-0.4, -0.2) is 48.3 Å². The number of rotatable bonds is 4. The maximum absolute atomic E-state index is 11.6. The normalized spacial score (nSPS) is 24.1. The van der Waals surface area contributed by atoms with E-state index in [1.165, 1.54) is 24.8 Å². The predicted octanol–water partition coefficient (Wildman–Crippen LogP) is 3.80. The summed E-state index contributed by atoms with van der Waals surface area (Å²) < 4.78 is 0. The first-order valence-electron chi connectivity index (χ1n) is 9.58. The Labute approximate surface area is 151 Å². The Morgan fingerprint density at radius 3 is 2.42 bits per heavy atom. The molecule has 134 valence electrons. The summed E-state index contributed by atoms with van der Waals surface area (Å²) in [5, 5.41) is 15.8. The van der Waals surface area contributed by atoms with Gasteiger partial charge in [0.15, 0.2) is 0 Å². The molecule has 4 heteroatoms. The van der Waals surface area contributed by atoms with E-state index in [4.69, 9.17) is 11.6 Å². The SMILES string of the molecule is OC1(C(CN2CCNCC2)c2cccc(Cl)c2)CCCCCCC1. The van der Waals surface area contributed by atoms with Gasteiger partial charge >= 0.3 is 0 Å². The van der Waals surface area contributed by atoms with Crippen molar-refractivity contribution in [3.63, 3.8) is 0 Å². The maximum Gasteiger partial charge on any atom is 0.0728 e. The first-order chi connectivity index (χ1) is 11.7. The van der Waals surface area contributed by atoms with E-state index in [0.717, 1.165) is 63.4 Å². The summed E-state index contributed by atoms with van der Waals surface area (Å²) >= 11 is 6.27. The molecule has 0 amide bonds. The van der Waals surface area contributed by atoms with Crippen molar-refractivity contribution in [2.24, 2.45) is 0 Å². The number of benzene rings is 1. The van der Waals surface area contributed by atoms with Gasteiger partial charge in [-0.25, -0.2) is 0 Å². The quantitative estimate of drug-likeness (QED) is 0.866. The second kappa shape index (κ2) is 8.66. The molecule has 1 aromatic carbocycles. The van der Waals surface area contributed by atoms with Crippen LogP contribution in [0.1, 0.15) is 56.4 Å². The summed E-state index contributed by atoms with van der Waals surface area (Å²) in [6.07, 6.45) is 7.91. The van der Waals surface area contributed by atoms with Crippen molar-refractivity contribution in [1.82, 2.24) is 10.2 Å². The summed E-state index contributed by atoms with van der Waals surface area (Å²) in [7, 11) is 0. The Balaban J connectivity index is 1.84. The number of nitrogens with one attached hydrogen (secondary N) is 1. The van der Waals surface area contributed by atoms with E-state index in [1.54, 1.807) is 0 Å². The van der Waals surface area contributed by atoms with Gasteiger partial charge in [-0.15, -0.1) is 0 Å². The second-order valence-electron chi connectivity index (χ2n) is 7.53. The van der Waals surface area contributed by atoms with Crippen LogP contribution < -0.4 is 5.32 Å². The Bertz CT molecular complexity index is 508. The molecule has 1 unspecified atom stereocenters. The Hall–Kier alpha value is -0.610. The number of halogens is 1. The number of nitrogens with zero attached hydrogens (tertiary/aromatic N) is 1. The van der Waals surface area contributed by atoms with Crippen molar-refractivity contribution >= 4 is 11.6 Å². The van der Waals surface area contributed by atoms with Crippen LogP contribution in [0.4, 0.5) is 0 Å². The number of piperazine rings is 1. The van der Waals surface area contributed by atoms with Crippen LogP contribution >= 0.6 is 11.6 Å². The van der Waals surface area contributed by atoms with Crippen molar-refractivity contribution in [2.75, 3.05) is 32.7 Å². The lowest BCUT2D eigenvalue weighted by Crippen LogP contribution is -2.49. The minimum atomic E-state index is -0.601. The summed E-state index contributed by atoms with van der Waals surface area (Å²) in [6.45, 7) is 5.14. The minimum absolute atomic E-state index is 0.146. The molecule has 3 nitrogen and oxygen atoms in total. The lowest BCUT2D eigenvalue weighted by Gasteiger charge is -2.41. The average molecular weight is 351 g/mol. The molecule has 1 aliphatic carbocycles. The largest absolute Gasteiger partial charge is 0.389 e. The minimum Gasteiger partial charge on any atom is -0.389 e. The molecule has 1 heterocycles. The molecule has 1 aliphatic heterocycles. The van der Waals surface area contributed by atoms with Crippen LogP contribution in [0, 0.1) is 0 Å². The van der Waals surface area contributed by atoms with E-state index in [2.05, 4.69) is 22.3 Å². The van der Waals surface area contributed by atoms with E-state index >= 15 is 0 Å². The summed E-state index contributed by atoms with van der Waals surface area (Å²) in [4.78, 5) is 2.50. The molecule has 0 spiro atoms. The monoisotopic (exact) mass is 350 g/mol. The van der Waals surface area contributed by atoms with E-state index in [-0.39, 0.29) is 5.92 Å². The molecule has 0 radical (unpaired) electrons. The number of hydrogen-bond donors (Lipinski definition) is 2. The topological polar surface area (TPSA) is 35.5 Å². The van der Waals surface area contributed by atoms with Gasteiger partial charge in [0, 0.05) is 43.7 Å². The van der Waals surface area contributed by atoms with Crippen LogP contribution in [0.3, 0.4) is 0 Å².